The van der Waals surface area contributed by atoms with Crippen molar-refractivity contribution in [2.75, 3.05) is 53.4 Å². The molecule has 0 radical (unpaired) electrons. The van der Waals surface area contributed by atoms with Gasteiger partial charge in [0.25, 0.3) is 0 Å². The van der Waals surface area contributed by atoms with E-state index < -0.39 is 18.3 Å². The summed E-state index contributed by atoms with van der Waals surface area (Å²) in [6.07, 6.45) is -3.91. The first-order valence-electron chi connectivity index (χ1n) is 7.19. The first-order chi connectivity index (χ1) is 9.25. The molecule has 0 spiro atoms. The van der Waals surface area contributed by atoms with Gasteiger partial charge in [-0.2, -0.15) is 13.2 Å². The van der Waals surface area contributed by atoms with Crippen molar-refractivity contribution in [3.05, 3.63) is 0 Å². The maximum Gasteiger partial charge on any atom is 0.405 e. The van der Waals surface area contributed by atoms with E-state index in [4.69, 9.17) is 5.73 Å². The molecule has 0 bridgehead atoms. The fraction of sp³-hybridized carbons (Fsp3) is 1.00. The van der Waals surface area contributed by atoms with E-state index in [0.29, 0.717) is 32.6 Å². The van der Waals surface area contributed by atoms with E-state index in [-0.39, 0.29) is 0 Å². The van der Waals surface area contributed by atoms with Gasteiger partial charge in [0, 0.05) is 45.3 Å². The summed E-state index contributed by atoms with van der Waals surface area (Å²) in [6.45, 7) is 5.76. The van der Waals surface area contributed by atoms with Crippen molar-refractivity contribution in [2.24, 2.45) is 5.73 Å². The van der Waals surface area contributed by atoms with E-state index in [2.05, 4.69) is 9.80 Å². The Labute approximate surface area is 119 Å². The Balaban J connectivity index is 2.53. The molecule has 0 aromatic heterocycles. The fourth-order valence-corrected chi connectivity index (χ4v) is 2.55. The van der Waals surface area contributed by atoms with Crippen molar-refractivity contribution in [1.82, 2.24) is 14.7 Å². The molecule has 20 heavy (non-hydrogen) atoms. The van der Waals surface area contributed by atoms with E-state index in [1.807, 2.05) is 14.1 Å². The van der Waals surface area contributed by atoms with Crippen LogP contribution in [0.5, 0.6) is 0 Å². The maximum atomic E-state index is 13.2. The van der Waals surface area contributed by atoms with Crippen LogP contribution in [0.1, 0.15) is 13.3 Å². The molecule has 0 amide bonds. The lowest BCUT2D eigenvalue weighted by Gasteiger charge is -2.42. The van der Waals surface area contributed by atoms with Crippen LogP contribution in [0.4, 0.5) is 13.2 Å². The van der Waals surface area contributed by atoms with Gasteiger partial charge in [-0.05, 0) is 20.5 Å². The molecule has 1 heterocycles. The highest BCUT2D eigenvalue weighted by atomic mass is 19.4. The Morgan fingerprint density at radius 2 is 1.70 bits per heavy atom. The molecule has 2 N–H and O–H groups in total. The lowest BCUT2D eigenvalue weighted by atomic mass is 10.0. The zero-order chi connectivity index (χ0) is 15.3. The number of likely N-dealkylation sites (N-methyl/N-ethyl adjacent to an activating group) is 1. The molecule has 2 atom stereocenters. The summed E-state index contributed by atoms with van der Waals surface area (Å²) in [5, 5.41) is 0. The molecule has 4 nitrogen and oxygen atoms in total. The molecular formula is C13H27F3N4. The number of nitrogens with two attached hydrogens (primary N) is 1. The van der Waals surface area contributed by atoms with E-state index in [0.717, 1.165) is 13.1 Å². The number of nitrogens with zero attached hydrogens (tertiary/aromatic N) is 3. The zero-order valence-electron chi connectivity index (χ0n) is 12.7. The highest BCUT2D eigenvalue weighted by Gasteiger charge is 2.47. The van der Waals surface area contributed by atoms with Gasteiger partial charge in [-0.25, -0.2) is 0 Å². The Morgan fingerprint density at radius 3 is 2.10 bits per heavy atom. The Bertz CT molecular complexity index is 275. The van der Waals surface area contributed by atoms with Crippen LogP contribution < -0.4 is 5.73 Å². The van der Waals surface area contributed by atoms with Gasteiger partial charge in [-0.1, -0.05) is 6.92 Å². The Morgan fingerprint density at radius 1 is 1.15 bits per heavy atom. The second kappa shape index (κ2) is 7.59. The van der Waals surface area contributed by atoms with Crippen molar-refractivity contribution < 1.29 is 13.2 Å². The normalized spacial score (nSPS) is 22.2. The van der Waals surface area contributed by atoms with Gasteiger partial charge in [0.1, 0.15) is 6.04 Å². The van der Waals surface area contributed by atoms with Crippen molar-refractivity contribution in [2.45, 2.75) is 31.6 Å². The van der Waals surface area contributed by atoms with Crippen LogP contribution in [0.15, 0.2) is 0 Å². The Kier molecular flexibility index (Phi) is 6.71. The standard InChI is InChI=1S/C13H27F3N4/c1-4-11(17)12(13(14,15)16)20-9-7-19(8-10-20)6-5-18(2)3/h11-12H,4-10,17H2,1-3H3. The third-order valence-corrected chi connectivity index (χ3v) is 3.88. The Hall–Kier alpha value is -0.370. The van der Waals surface area contributed by atoms with Crippen LogP contribution >= 0.6 is 0 Å². The lowest BCUT2D eigenvalue weighted by Crippen LogP contribution is -2.61. The summed E-state index contributed by atoms with van der Waals surface area (Å²) in [5.41, 5.74) is 5.69. The number of piperazine rings is 1. The lowest BCUT2D eigenvalue weighted by molar-refractivity contribution is -0.193. The average molecular weight is 296 g/mol. The topological polar surface area (TPSA) is 35.7 Å². The van der Waals surface area contributed by atoms with E-state index >= 15 is 0 Å². The molecule has 120 valence electrons. The van der Waals surface area contributed by atoms with Gasteiger partial charge in [0.15, 0.2) is 0 Å². The van der Waals surface area contributed by atoms with Gasteiger partial charge < -0.3 is 10.6 Å². The molecule has 0 aromatic rings. The van der Waals surface area contributed by atoms with Crippen molar-refractivity contribution in [3.63, 3.8) is 0 Å². The zero-order valence-corrected chi connectivity index (χ0v) is 12.7. The summed E-state index contributed by atoms with van der Waals surface area (Å²) >= 11 is 0. The van der Waals surface area contributed by atoms with Gasteiger partial charge in [-0.15, -0.1) is 0 Å². The first kappa shape index (κ1) is 17.7. The second-order valence-corrected chi connectivity index (χ2v) is 5.74. The molecule has 0 saturated carbocycles. The van der Waals surface area contributed by atoms with Crippen molar-refractivity contribution in [1.29, 1.82) is 0 Å². The van der Waals surface area contributed by atoms with Gasteiger partial charge >= 0.3 is 6.18 Å². The van der Waals surface area contributed by atoms with Crippen LogP contribution in [-0.2, 0) is 0 Å². The minimum absolute atomic E-state index is 0.338. The first-order valence-corrected chi connectivity index (χ1v) is 7.19. The van der Waals surface area contributed by atoms with Crippen LogP contribution in [0.3, 0.4) is 0 Å². The summed E-state index contributed by atoms with van der Waals surface area (Å²) < 4.78 is 39.5. The molecule has 1 aliphatic rings. The van der Waals surface area contributed by atoms with Crippen molar-refractivity contribution >= 4 is 0 Å². The molecular weight excluding hydrogens is 269 g/mol. The summed E-state index contributed by atoms with van der Waals surface area (Å²) in [5.74, 6) is 0. The largest absolute Gasteiger partial charge is 0.405 e. The molecule has 2 unspecified atom stereocenters. The van der Waals surface area contributed by atoms with Gasteiger partial charge in [-0.3, -0.25) is 9.80 Å². The number of alkyl halides is 3. The van der Waals surface area contributed by atoms with Crippen LogP contribution in [0, 0.1) is 0 Å². The van der Waals surface area contributed by atoms with Crippen LogP contribution in [0.2, 0.25) is 0 Å². The number of hydrogen-bond acceptors (Lipinski definition) is 4. The molecule has 1 rings (SSSR count). The molecule has 1 aliphatic heterocycles. The maximum absolute atomic E-state index is 13.2. The summed E-state index contributed by atoms with van der Waals surface area (Å²) in [4.78, 5) is 5.79. The quantitative estimate of drug-likeness (QED) is 0.788. The van der Waals surface area contributed by atoms with E-state index in [1.54, 1.807) is 6.92 Å². The number of halogens is 3. The molecule has 7 heteroatoms. The van der Waals surface area contributed by atoms with Gasteiger partial charge in [0.2, 0.25) is 0 Å². The molecule has 0 aliphatic carbocycles. The SMILES string of the molecule is CCC(N)C(N1CCN(CCN(C)C)CC1)C(F)(F)F. The molecule has 1 fully saturated rings. The van der Waals surface area contributed by atoms with Gasteiger partial charge in [0.05, 0.1) is 0 Å². The summed E-state index contributed by atoms with van der Waals surface area (Å²) in [6, 6.07) is -2.35. The number of hydrogen-bond donors (Lipinski definition) is 1. The minimum atomic E-state index is -4.25. The van der Waals surface area contributed by atoms with Crippen molar-refractivity contribution in [3.8, 4) is 0 Å². The number of rotatable bonds is 6. The highest BCUT2D eigenvalue weighted by molar-refractivity contribution is 4.90. The highest BCUT2D eigenvalue weighted by Crippen LogP contribution is 2.28. The third-order valence-electron chi connectivity index (χ3n) is 3.88. The predicted molar refractivity (Wildman–Crippen MR) is 74.7 cm³/mol. The minimum Gasteiger partial charge on any atom is -0.326 e. The smallest absolute Gasteiger partial charge is 0.326 e. The monoisotopic (exact) mass is 296 g/mol. The van der Waals surface area contributed by atoms with Crippen LogP contribution in [0.25, 0.3) is 0 Å². The van der Waals surface area contributed by atoms with E-state index in [9.17, 15) is 13.2 Å². The average Bonchev–Trinajstić information content (AvgIpc) is 2.36. The predicted octanol–water partition coefficient (Wildman–Crippen LogP) is 0.834. The third kappa shape index (κ3) is 5.20. The summed E-state index contributed by atoms with van der Waals surface area (Å²) in [7, 11) is 3.99. The van der Waals surface area contributed by atoms with E-state index in [1.165, 1.54) is 4.90 Å². The fourth-order valence-electron chi connectivity index (χ4n) is 2.55. The van der Waals surface area contributed by atoms with Crippen LogP contribution in [-0.4, -0.2) is 86.3 Å². The molecule has 1 saturated heterocycles. The second-order valence-electron chi connectivity index (χ2n) is 5.74. The molecule has 0 aromatic carbocycles.